The molecular weight excluding hydrogens is 490 g/mol. The zero-order chi connectivity index (χ0) is 23.1. The first kappa shape index (κ1) is 23.3. The zero-order valence-electron chi connectivity index (χ0n) is 17.1. The first-order chi connectivity index (χ1) is 15.4. The van der Waals surface area contributed by atoms with Gasteiger partial charge in [0.05, 0.1) is 29.7 Å². The van der Waals surface area contributed by atoms with E-state index in [0.717, 1.165) is 4.47 Å². The monoisotopic (exact) mass is 510 g/mol. The minimum atomic E-state index is -3.02. The molecule has 0 aliphatic rings. The van der Waals surface area contributed by atoms with Gasteiger partial charge in [-0.3, -0.25) is 4.79 Å². The topological polar surface area (TPSA) is 101 Å². The molecule has 0 radical (unpaired) electrons. The van der Waals surface area contributed by atoms with Gasteiger partial charge in [-0.2, -0.15) is 13.9 Å². The van der Waals surface area contributed by atoms with Crippen LogP contribution in [-0.4, -0.2) is 29.0 Å². The van der Waals surface area contributed by atoms with E-state index in [1.54, 1.807) is 37.3 Å². The van der Waals surface area contributed by atoms with Crippen LogP contribution in [0.5, 0.6) is 17.4 Å². The van der Waals surface area contributed by atoms with Gasteiger partial charge in [0.25, 0.3) is 0 Å². The van der Waals surface area contributed by atoms with E-state index in [-0.39, 0.29) is 37.1 Å². The third kappa shape index (κ3) is 6.10. The molecule has 8 nitrogen and oxygen atoms in total. The minimum Gasteiger partial charge on any atom is -0.465 e. The van der Waals surface area contributed by atoms with E-state index < -0.39 is 12.6 Å². The minimum absolute atomic E-state index is 0.0602. The van der Waals surface area contributed by atoms with Crippen molar-refractivity contribution in [2.24, 2.45) is 0 Å². The van der Waals surface area contributed by atoms with Gasteiger partial charge in [-0.25, -0.2) is 4.68 Å². The summed E-state index contributed by atoms with van der Waals surface area (Å²) in [6.45, 7) is -1.17. The molecule has 11 heteroatoms. The molecule has 0 bridgehead atoms. The van der Waals surface area contributed by atoms with Crippen LogP contribution in [0.1, 0.15) is 12.5 Å². The Kier molecular flexibility index (Phi) is 7.87. The number of nitrogens with zero attached hydrogens (tertiary/aromatic N) is 2. The molecule has 0 spiro atoms. The van der Waals surface area contributed by atoms with Gasteiger partial charge in [-0.1, -0.05) is 22.0 Å². The summed E-state index contributed by atoms with van der Waals surface area (Å²) in [4.78, 5) is 11.8. The van der Waals surface area contributed by atoms with Crippen LogP contribution < -0.4 is 20.5 Å². The summed E-state index contributed by atoms with van der Waals surface area (Å²) in [6.07, 6.45) is 1.45. The Balaban J connectivity index is 1.88. The number of hydrogen-bond donors (Lipinski definition) is 2. The van der Waals surface area contributed by atoms with E-state index >= 15 is 0 Å². The van der Waals surface area contributed by atoms with Crippen LogP contribution in [0, 0.1) is 0 Å². The lowest BCUT2D eigenvalue weighted by atomic mass is 10.1. The van der Waals surface area contributed by atoms with Crippen LogP contribution in [0.15, 0.2) is 53.1 Å². The number of carbonyl (C=O) groups is 1. The molecule has 0 atom stereocenters. The maximum atomic E-state index is 13.0. The molecule has 1 aromatic heterocycles. The second kappa shape index (κ2) is 10.8. The Morgan fingerprint density at radius 2 is 2.03 bits per heavy atom. The first-order valence-corrected chi connectivity index (χ1v) is 10.4. The summed E-state index contributed by atoms with van der Waals surface area (Å²) in [6, 6.07) is 11.3. The van der Waals surface area contributed by atoms with E-state index in [1.165, 1.54) is 23.0 Å². The van der Waals surface area contributed by atoms with Crippen LogP contribution in [0.2, 0.25) is 0 Å². The van der Waals surface area contributed by atoms with Crippen molar-refractivity contribution in [1.29, 1.82) is 0 Å². The molecule has 3 rings (SSSR count). The van der Waals surface area contributed by atoms with Crippen LogP contribution in [0.4, 0.5) is 20.2 Å². The number of nitrogens with one attached hydrogen (secondary N) is 1. The normalized spacial score (nSPS) is 10.8. The molecule has 0 saturated heterocycles. The predicted molar refractivity (Wildman–Crippen MR) is 118 cm³/mol. The lowest BCUT2D eigenvalue weighted by molar-refractivity contribution is -0.144. The average Bonchev–Trinajstić information content (AvgIpc) is 3.16. The first-order valence-electron chi connectivity index (χ1n) is 9.58. The average molecular weight is 511 g/mol. The van der Waals surface area contributed by atoms with Gasteiger partial charge in [-0.05, 0) is 37.3 Å². The van der Waals surface area contributed by atoms with Crippen LogP contribution in [-0.2, 0) is 22.6 Å². The molecule has 0 unspecified atom stereocenters. The molecule has 170 valence electrons. The fourth-order valence-corrected chi connectivity index (χ4v) is 3.22. The number of anilines is 2. The maximum absolute atomic E-state index is 13.0. The molecule has 1 heterocycles. The Bertz CT molecular complexity index is 1080. The number of benzene rings is 2. The van der Waals surface area contributed by atoms with Crippen molar-refractivity contribution in [3.63, 3.8) is 0 Å². The van der Waals surface area contributed by atoms with Crippen molar-refractivity contribution < 1.29 is 27.8 Å². The number of hydrogen-bond acceptors (Lipinski definition) is 7. The Labute approximate surface area is 191 Å². The third-order valence-electron chi connectivity index (χ3n) is 4.25. The van der Waals surface area contributed by atoms with E-state index in [0.29, 0.717) is 16.9 Å². The van der Waals surface area contributed by atoms with E-state index in [1.807, 2.05) is 0 Å². The van der Waals surface area contributed by atoms with Gasteiger partial charge in [0.2, 0.25) is 5.88 Å². The van der Waals surface area contributed by atoms with Crippen LogP contribution in [0.25, 0.3) is 0 Å². The molecule has 3 aromatic rings. The second-order valence-corrected chi connectivity index (χ2v) is 7.35. The van der Waals surface area contributed by atoms with E-state index in [4.69, 9.17) is 15.2 Å². The number of esters is 1. The fourth-order valence-electron chi connectivity index (χ4n) is 2.85. The van der Waals surface area contributed by atoms with Crippen molar-refractivity contribution >= 4 is 33.3 Å². The van der Waals surface area contributed by atoms with Crippen molar-refractivity contribution in [1.82, 2.24) is 9.78 Å². The number of halogens is 3. The SMILES string of the molecule is CCOC(=O)Cn1nccc1Oc1cccc(OC(F)F)c1CNc1cc(Br)ccc1N. The molecule has 0 amide bonds. The van der Waals surface area contributed by atoms with Gasteiger partial charge in [0.1, 0.15) is 18.0 Å². The highest BCUT2D eigenvalue weighted by atomic mass is 79.9. The van der Waals surface area contributed by atoms with Crippen molar-refractivity contribution in [3.05, 3.63) is 58.7 Å². The van der Waals surface area contributed by atoms with Gasteiger partial charge in [0.15, 0.2) is 0 Å². The molecule has 0 fully saturated rings. The van der Waals surface area contributed by atoms with Gasteiger partial charge >= 0.3 is 12.6 Å². The molecule has 32 heavy (non-hydrogen) atoms. The molecule has 2 aromatic carbocycles. The summed E-state index contributed by atoms with van der Waals surface area (Å²) in [5.41, 5.74) is 7.40. The van der Waals surface area contributed by atoms with Crippen LogP contribution in [0.3, 0.4) is 0 Å². The van der Waals surface area contributed by atoms with E-state index in [9.17, 15) is 13.6 Å². The number of nitrogen functional groups attached to an aromatic ring is 1. The number of rotatable bonds is 10. The van der Waals surface area contributed by atoms with Crippen molar-refractivity contribution in [2.45, 2.75) is 26.6 Å². The van der Waals surface area contributed by atoms with E-state index in [2.05, 4.69) is 31.1 Å². The van der Waals surface area contributed by atoms with Gasteiger partial charge in [-0.15, -0.1) is 0 Å². The summed E-state index contributed by atoms with van der Waals surface area (Å²) >= 11 is 3.37. The Hall–Kier alpha value is -3.34. The summed E-state index contributed by atoms with van der Waals surface area (Å²) in [7, 11) is 0. The smallest absolute Gasteiger partial charge is 0.387 e. The number of alkyl halides is 2. The zero-order valence-corrected chi connectivity index (χ0v) is 18.6. The highest BCUT2D eigenvalue weighted by Gasteiger charge is 2.18. The molecule has 0 saturated carbocycles. The highest BCUT2D eigenvalue weighted by Crippen LogP contribution is 2.34. The van der Waals surface area contributed by atoms with Crippen molar-refractivity contribution in [3.8, 4) is 17.4 Å². The second-order valence-electron chi connectivity index (χ2n) is 6.43. The molecule has 0 aliphatic heterocycles. The molecule has 0 aliphatic carbocycles. The van der Waals surface area contributed by atoms with Gasteiger partial charge in [0, 0.05) is 17.1 Å². The number of nitrogens with two attached hydrogens (primary N) is 1. The van der Waals surface area contributed by atoms with Crippen molar-refractivity contribution in [2.75, 3.05) is 17.7 Å². The lowest BCUT2D eigenvalue weighted by Crippen LogP contribution is -2.15. The third-order valence-corrected chi connectivity index (χ3v) is 4.75. The quantitative estimate of drug-likeness (QED) is 0.298. The maximum Gasteiger partial charge on any atom is 0.387 e. The fraction of sp³-hybridized carbons (Fsp3) is 0.238. The summed E-state index contributed by atoms with van der Waals surface area (Å²) < 4.78 is 43.6. The number of carbonyl (C=O) groups excluding carboxylic acids is 1. The molecule has 3 N–H and O–H groups in total. The largest absolute Gasteiger partial charge is 0.465 e. The molecular formula is C21H21BrF2N4O4. The highest BCUT2D eigenvalue weighted by molar-refractivity contribution is 9.10. The predicted octanol–water partition coefficient (Wildman–Crippen LogP) is 4.80. The number of ether oxygens (including phenoxy) is 3. The van der Waals surface area contributed by atoms with Gasteiger partial charge < -0.3 is 25.3 Å². The number of aromatic nitrogens is 2. The Morgan fingerprint density at radius 3 is 2.78 bits per heavy atom. The van der Waals surface area contributed by atoms with Crippen LogP contribution >= 0.6 is 15.9 Å². The Morgan fingerprint density at radius 1 is 1.25 bits per heavy atom. The summed E-state index contributed by atoms with van der Waals surface area (Å²) in [5, 5.41) is 7.16. The standard InChI is InChI=1S/C21H21BrF2N4O4/c1-2-30-20(29)12-28-19(8-9-27-28)31-17-4-3-5-18(32-21(23)24)14(17)11-26-16-10-13(22)6-7-15(16)25/h3-10,21,26H,2,11-12,25H2,1H3. The summed E-state index contributed by atoms with van der Waals surface area (Å²) in [5.74, 6) is -0.0665. The lowest BCUT2D eigenvalue weighted by Gasteiger charge is -2.18.